The molecule has 0 heterocycles. The highest BCUT2D eigenvalue weighted by molar-refractivity contribution is 14.1. The van der Waals surface area contributed by atoms with Gasteiger partial charge in [-0.25, -0.2) is 4.39 Å². The molecule has 0 spiro atoms. The molecule has 1 aromatic carbocycles. The van der Waals surface area contributed by atoms with Crippen LogP contribution < -0.4 is 0 Å². The van der Waals surface area contributed by atoms with Gasteiger partial charge in [-0.3, -0.25) is 0 Å². The molecule has 2 rings (SSSR count). The topological polar surface area (TPSA) is 23.8 Å². The zero-order valence-corrected chi connectivity index (χ0v) is 9.71. The first-order valence-corrected chi connectivity index (χ1v) is 5.63. The summed E-state index contributed by atoms with van der Waals surface area (Å²) in [5.41, 5.74) is 0.440. The Labute approximate surface area is 96.1 Å². The van der Waals surface area contributed by atoms with E-state index in [1.165, 1.54) is 6.07 Å². The van der Waals surface area contributed by atoms with Crippen LogP contribution in [0.2, 0.25) is 0 Å². The highest BCUT2D eigenvalue weighted by Gasteiger charge is 2.39. The zero-order chi connectivity index (χ0) is 10.2. The van der Waals surface area contributed by atoms with E-state index in [0.717, 1.165) is 24.8 Å². The lowest BCUT2D eigenvalue weighted by atomic mass is 9.65. The van der Waals surface area contributed by atoms with E-state index in [0.29, 0.717) is 3.57 Å². The molecule has 1 aromatic rings. The van der Waals surface area contributed by atoms with Crippen LogP contribution >= 0.6 is 22.6 Å². The van der Waals surface area contributed by atoms with Crippen LogP contribution in [0, 0.1) is 20.7 Å². The summed E-state index contributed by atoms with van der Waals surface area (Å²) < 4.78 is 13.9. The van der Waals surface area contributed by atoms with Crippen LogP contribution in [-0.4, -0.2) is 0 Å². The molecule has 0 aromatic heterocycles. The fourth-order valence-corrected chi connectivity index (χ4v) is 2.12. The van der Waals surface area contributed by atoms with Gasteiger partial charge in [-0.2, -0.15) is 5.26 Å². The summed E-state index contributed by atoms with van der Waals surface area (Å²) >= 11 is 1.95. The van der Waals surface area contributed by atoms with E-state index in [1.807, 2.05) is 28.7 Å². The van der Waals surface area contributed by atoms with Gasteiger partial charge in [0.1, 0.15) is 5.82 Å². The third-order valence-corrected chi connectivity index (χ3v) is 3.77. The first-order valence-electron chi connectivity index (χ1n) is 4.55. The van der Waals surface area contributed by atoms with E-state index in [9.17, 15) is 4.39 Å². The van der Waals surface area contributed by atoms with Gasteiger partial charge in [-0.1, -0.05) is 6.07 Å². The van der Waals surface area contributed by atoms with E-state index in [4.69, 9.17) is 5.26 Å². The van der Waals surface area contributed by atoms with Gasteiger partial charge in [0, 0.05) is 3.57 Å². The fourth-order valence-electron chi connectivity index (χ4n) is 1.79. The summed E-state index contributed by atoms with van der Waals surface area (Å²) in [6, 6.07) is 7.42. The molecule has 0 amide bonds. The molecule has 0 N–H and O–H groups in total. The number of halogens is 2. The third-order valence-electron chi connectivity index (χ3n) is 2.89. The summed E-state index contributed by atoms with van der Waals surface area (Å²) in [4.78, 5) is 0. The average molecular weight is 301 g/mol. The fraction of sp³-hybridized carbons (Fsp3) is 0.364. The standard InChI is InChI=1S/C11H9FIN/c12-9-6-8(2-3-10(9)13)11(7-14)4-1-5-11/h2-3,6H,1,4-5H2. The van der Waals surface area contributed by atoms with E-state index < -0.39 is 5.41 Å². The van der Waals surface area contributed by atoms with Crippen LogP contribution in [0.25, 0.3) is 0 Å². The lowest BCUT2D eigenvalue weighted by Crippen LogP contribution is -2.32. The Morgan fingerprint density at radius 1 is 1.43 bits per heavy atom. The van der Waals surface area contributed by atoms with Gasteiger partial charge in [0.2, 0.25) is 0 Å². The lowest BCUT2D eigenvalue weighted by molar-refractivity contribution is 0.323. The summed E-state index contributed by atoms with van der Waals surface area (Å²) in [6.07, 6.45) is 2.80. The van der Waals surface area contributed by atoms with Crippen molar-refractivity contribution in [2.24, 2.45) is 0 Å². The van der Waals surface area contributed by atoms with Crippen LogP contribution in [0.5, 0.6) is 0 Å². The number of nitrogens with zero attached hydrogens (tertiary/aromatic N) is 1. The Hall–Kier alpha value is -0.630. The Balaban J connectivity index is 2.42. The third kappa shape index (κ3) is 1.42. The Kier molecular flexibility index (Phi) is 2.48. The van der Waals surface area contributed by atoms with E-state index in [2.05, 4.69) is 6.07 Å². The highest BCUT2D eigenvalue weighted by atomic mass is 127. The van der Waals surface area contributed by atoms with Crippen molar-refractivity contribution in [3.05, 3.63) is 33.1 Å². The van der Waals surface area contributed by atoms with E-state index in [1.54, 1.807) is 6.07 Å². The van der Waals surface area contributed by atoms with E-state index in [-0.39, 0.29) is 5.82 Å². The second kappa shape index (κ2) is 3.50. The predicted molar refractivity (Wildman–Crippen MR) is 60.3 cm³/mol. The Morgan fingerprint density at radius 3 is 2.57 bits per heavy atom. The van der Waals surface area contributed by atoms with Gasteiger partial charge in [-0.05, 0) is 59.5 Å². The molecule has 0 aliphatic heterocycles. The maximum Gasteiger partial charge on any atom is 0.136 e. The van der Waals surface area contributed by atoms with Crippen molar-refractivity contribution in [2.45, 2.75) is 24.7 Å². The predicted octanol–water partition coefficient (Wildman–Crippen LogP) is 3.38. The quantitative estimate of drug-likeness (QED) is 0.730. The number of rotatable bonds is 1. The van der Waals surface area contributed by atoms with Crippen LogP contribution in [-0.2, 0) is 5.41 Å². The largest absolute Gasteiger partial charge is 0.206 e. The second-order valence-electron chi connectivity index (χ2n) is 3.68. The Morgan fingerprint density at radius 2 is 2.14 bits per heavy atom. The first-order chi connectivity index (χ1) is 6.68. The molecule has 14 heavy (non-hydrogen) atoms. The van der Waals surface area contributed by atoms with E-state index >= 15 is 0 Å². The number of benzene rings is 1. The van der Waals surface area contributed by atoms with Crippen molar-refractivity contribution in [1.82, 2.24) is 0 Å². The van der Waals surface area contributed by atoms with Crippen molar-refractivity contribution >= 4 is 22.6 Å². The molecule has 1 aliphatic carbocycles. The summed E-state index contributed by atoms with van der Waals surface area (Å²) in [5.74, 6) is -0.218. The number of hydrogen-bond acceptors (Lipinski definition) is 1. The Bertz CT molecular complexity index is 404. The van der Waals surface area contributed by atoms with Gasteiger partial charge in [0.25, 0.3) is 0 Å². The second-order valence-corrected chi connectivity index (χ2v) is 4.84. The molecule has 0 radical (unpaired) electrons. The number of nitriles is 1. The average Bonchev–Trinajstić information content (AvgIpc) is 2.10. The van der Waals surface area contributed by atoms with Gasteiger partial charge in [0.15, 0.2) is 0 Å². The van der Waals surface area contributed by atoms with Crippen LogP contribution in [0.1, 0.15) is 24.8 Å². The molecule has 1 aliphatic rings. The zero-order valence-electron chi connectivity index (χ0n) is 7.56. The molecule has 0 saturated heterocycles. The van der Waals surface area contributed by atoms with Gasteiger partial charge in [-0.15, -0.1) is 0 Å². The summed E-state index contributed by atoms with van der Waals surface area (Å²) in [5, 5.41) is 9.08. The summed E-state index contributed by atoms with van der Waals surface area (Å²) in [6.45, 7) is 0. The van der Waals surface area contributed by atoms with Crippen molar-refractivity contribution in [3.8, 4) is 6.07 Å². The SMILES string of the molecule is N#CC1(c2ccc(I)c(F)c2)CCC1. The van der Waals surface area contributed by atoms with Crippen molar-refractivity contribution in [3.63, 3.8) is 0 Å². The van der Waals surface area contributed by atoms with Crippen LogP contribution in [0.15, 0.2) is 18.2 Å². The normalized spacial score (nSPS) is 18.4. The monoisotopic (exact) mass is 301 g/mol. The molecule has 0 atom stereocenters. The molecule has 0 unspecified atom stereocenters. The lowest BCUT2D eigenvalue weighted by Gasteiger charge is -2.35. The van der Waals surface area contributed by atoms with Gasteiger partial charge >= 0.3 is 0 Å². The van der Waals surface area contributed by atoms with Crippen molar-refractivity contribution < 1.29 is 4.39 Å². The highest BCUT2D eigenvalue weighted by Crippen LogP contribution is 2.43. The molecule has 1 fully saturated rings. The molecule has 0 bridgehead atoms. The van der Waals surface area contributed by atoms with Crippen molar-refractivity contribution in [2.75, 3.05) is 0 Å². The molecule has 1 nitrogen and oxygen atoms in total. The maximum atomic E-state index is 13.3. The molecular formula is C11H9FIN. The first kappa shape index (κ1) is 9.91. The van der Waals surface area contributed by atoms with Crippen LogP contribution in [0.3, 0.4) is 0 Å². The molecule has 1 saturated carbocycles. The summed E-state index contributed by atoms with van der Waals surface area (Å²) in [7, 11) is 0. The minimum Gasteiger partial charge on any atom is -0.206 e. The number of hydrogen-bond donors (Lipinski definition) is 0. The minimum atomic E-state index is -0.398. The smallest absolute Gasteiger partial charge is 0.136 e. The van der Waals surface area contributed by atoms with Gasteiger partial charge in [0.05, 0.1) is 11.5 Å². The molecular weight excluding hydrogens is 292 g/mol. The minimum absolute atomic E-state index is 0.218. The van der Waals surface area contributed by atoms with Crippen LogP contribution in [0.4, 0.5) is 4.39 Å². The van der Waals surface area contributed by atoms with Crippen molar-refractivity contribution in [1.29, 1.82) is 5.26 Å². The van der Waals surface area contributed by atoms with Gasteiger partial charge < -0.3 is 0 Å². The molecule has 72 valence electrons. The molecule has 3 heteroatoms. The maximum absolute atomic E-state index is 13.3.